The van der Waals surface area contributed by atoms with Gasteiger partial charge >= 0.3 is 0 Å². The first kappa shape index (κ1) is 24.0. The van der Waals surface area contributed by atoms with E-state index in [0.717, 1.165) is 37.7 Å². The Balaban J connectivity index is 0.00000124. The van der Waals surface area contributed by atoms with E-state index in [1.807, 2.05) is 13.8 Å². The summed E-state index contributed by atoms with van der Waals surface area (Å²) in [5, 5.41) is 0. The summed E-state index contributed by atoms with van der Waals surface area (Å²) in [6.07, 6.45) is 10.6. The molecule has 3 heteroatoms. The number of ether oxygens (including phenoxy) is 1. The van der Waals surface area contributed by atoms with Crippen molar-refractivity contribution in [1.29, 1.82) is 0 Å². The molecule has 8 atom stereocenters. The Morgan fingerprint density at radius 3 is 2.40 bits per heavy atom. The number of carbonyl (C=O) groups is 2. The maximum absolute atomic E-state index is 13.2. The Morgan fingerprint density at radius 2 is 1.70 bits per heavy atom. The fraction of sp³-hybridized carbons (Fsp3) is 0.926. The lowest BCUT2D eigenvalue weighted by atomic mass is 9.44. The zero-order chi connectivity index (χ0) is 22.1. The molecule has 0 aliphatic heterocycles. The van der Waals surface area contributed by atoms with E-state index in [4.69, 9.17) is 4.74 Å². The molecule has 0 saturated heterocycles. The van der Waals surface area contributed by atoms with E-state index in [0.29, 0.717) is 47.6 Å². The highest BCUT2D eigenvalue weighted by Crippen LogP contribution is 2.67. The molecule has 0 aromatic rings. The van der Waals surface area contributed by atoms with E-state index in [1.165, 1.54) is 32.1 Å². The largest absolute Gasteiger partial charge is 0.385 e. The number of methoxy groups -OCH3 is 1. The lowest BCUT2D eigenvalue weighted by Crippen LogP contribution is -2.56. The van der Waals surface area contributed by atoms with Gasteiger partial charge in [0.15, 0.2) is 0 Å². The molecule has 172 valence electrons. The van der Waals surface area contributed by atoms with Crippen molar-refractivity contribution in [1.82, 2.24) is 0 Å². The highest BCUT2D eigenvalue weighted by atomic mass is 16.5. The predicted molar refractivity (Wildman–Crippen MR) is 122 cm³/mol. The van der Waals surface area contributed by atoms with Gasteiger partial charge in [-0.3, -0.25) is 9.59 Å². The van der Waals surface area contributed by atoms with Gasteiger partial charge in [-0.15, -0.1) is 0 Å². The van der Waals surface area contributed by atoms with E-state index in [1.54, 1.807) is 7.11 Å². The van der Waals surface area contributed by atoms with Gasteiger partial charge in [-0.1, -0.05) is 34.6 Å². The molecule has 3 nitrogen and oxygen atoms in total. The third-order valence-electron chi connectivity index (χ3n) is 10.0. The van der Waals surface area contributed by atoms with Crippen LogP contribution in [-0.4, -0.2) is 25.3 Å². The first-order valence-corrected chi connectivity index (χ1v) is 12.8. The zero-order valence-electron chi connectivity index (χ0n) is 20.5. The normalized spacial score (nSPS) is 43.7. The SMILES string of the molecule is CC.COCCCC(C)C1CCC2C3CC(=O)C4CC(=O)CCC4(C)C3CC[C@]12C. The van der Waals surface area contributed by atoms with Crippen LogP contribution >= 0.6 is 0 Å². The minimum absolute atomic E-state index is 0.0181. The molecule has 7 unspecified atom stereocenters. The molecule has 0 heterocycles. The number of ketones is 2. The van der Waals surface area contributed by atoms with Crippen molar-refractivity contribution in [2.75, 3.05) is 13.7 Å². The molecule has 4 rings (SSSR count). The van der Waals surface area contributed by atoms with Gasteiger partial charge in [0.2, 0.25) is 0 Å². The van der Waals surface area contributed by atoms with Gasteiger partial charge in [-0.05, 0) is 85.4 Å². The van der Waals surface area contributed by atoms with Crippen LogP contribution in [0.15, 0.2) is 0 Å². The van der Waals surface area contributed by atoms with Gasteiger partial charge in [0.25, 0.3) is 0 Å². The number of hydrogen-bond donors (Lipinski definition) is 0. The van der Waals surface area contributed by atoms with Crippen LogP contribution in [0.2, 0.25) is 0 Å². The second kappa shape index (κ2) is 9.43. The van der Waals surface area contributed by atoms with Crippen LogP contribution < -0.4 is 0 Å². The van der Waals surface area contributed by atoms with Crippen molar-refractivity contribution in [2.45, 2.75) is 98.8 Å². The highest BCUT2D eigenvalue weighted by molar-refractivity contribution is 5.90. The molecule has 4 fully saturated rings. The van der Waals surface area contributed by atoms with Crippen LogP contribution in [0.4, 0.5) is 0 Å². The molecule has 0 aromatic carbocycles. The number of rotatable bonds is 5. The van der Waals surface area contributed by atoms with Crippen LogP contribution in [-0.2, 0) is 14.3 Å². The fourth-order valence-electron chi connectivity index (χ4n) is 8.56. The second-order valence-electron chi connectivity index (χ2n) is 11.2. The topological polar surface area (TPSA) is 43.4 Å². The average molecular weight is 419 g/mol. The molecule has 0 spiro atoms. The maximum atomic E-state index is 13.2. The molecule has 0 bridgehead atoms. The summed E-state index contributed by atoms with van der Waals surface area (Å²) in [5.74, 6) is 4.23. The lowest BCUT2D eigenvalue weighted by Gasteiger charge is -2.59. The number of hydrogen-bond acceptors (Lipinski definition) is 3. The van der Waals surface area contributed by atoms with E-state index < -0.39 is 0 Å². The van der Waals surface area contributed by atoms with Crippen LogP contribution in [0.1, 0.15) is 98.8 Å². The average Bonchev–Trinajstić information content (AvgIpc) is 3.08. The van der Waals surface area contributed by atoms with E-state index in [-0.39, 0.29) is 11.3 Å². The van der Waals surface area contributed by atoms with Crippen LogP contribution in [0.3, 0.4) is 0 Å². The quantitative estimate of drug-likeness (QED) is 0.480. The predicted octanol–water partition coefficient (Wildman–Crippen LogP) is 6.48. The Morgan fingerprint density at radius 1 is 1.00 bits per heavy atom. The van der Waals surface area contributed by atoms with Crippen molar-refractivity contribution >= 4 is 11.6 Å². The number of fused-ring (bicyclic) bond motifs is 5. The van der Waals surface area contributed by atoms with Crippen LogP contribution in [0.5, 0.6) is 0 Å². The summed E-state index contributed by atoms with van der Waals surface area (Å²) in [4.78, 5) is 25.2. The summed E-state index contributed by atoms with van der Waals surface area (Å²) in [6.45, 7) is 12.2. The molecular formula is C27H46O3. The van der Waals surface area contributed by atoms with Gasteiger partial charge in [0, 0.05) is 38.9 Å². The van der Waals surface area contributed by atoms with Gasteiger partial charge in [0.1, 0.15) is 11.6 Å². The van der Waals surface area contributed by atoms with E-state index >= 15 is 0 Å². The molecule has 4 saturated carbocycles. The zero-order valence-corrected chi connectivity index (χ0v) is 20.5. The van der Waals surface area contributed by atoms with Crippen LogP contribution in [0.25, 0.3) is 0 Å². The van der Waals surface area contributed by atoms with Crippen molar-refractivity contribution in [3.8, 4) is 0 Å². The first-order chi connectivity index (χ1) is 14.3. The molecule has 4 aliphatic rings. The summed E-state index contributed by atoms with van der Waals surface area (Å²) >= 11 is 0. The van der Waals surface area contributed by atoms with E-state index in [2.05, 4.69) is 20.8 Å². The van der Waals surface area contributed by atoms with Gasteiger partial charge in [-0.2, -0.15) is 0 Å². The minimum atomic E-state index is 0.0181. The highest BCUT2D eigenvalue weighted by Gasteiger charge is 2.62. The molecule has 0 amide bonds. The van der Waals surface area contributed by atoms with Crippen molar-refractivity contribution in [2.24, 2.45) is 46.3 Å². The first-order valence-electron chi connectivity index (χ1n) is 12.8. The summed E-state index contributed by atoms with van der Waals surface area (Å²) < 4.78 is 5.28. The Labute approximate surface area is 185 Å². The molecule has 0 radical (unpaired) electrons. The summed E-state index contributed by atoms with van der Waals surface area (Å²) in [6, 6.07) is 0. The second-order valence-corrected chi connectivity index (χ2v) is 11.2. The number of Topliss-reactive ketones (excluding diaryl/α,β-unsaturated/α-hetero) is 2. The van der Waals surface area contributed by atoms with Gasteiger partial charge < -0.3 is 4.74 Å². The molecular weight excluding hydrogens is 372 g/mol. The minimum Gasteiger partial charge on any atom is -0.385 e. The van der Waals surface area contributed by atoms with E-state index in [9.17, 15) is 9.59 Å². The summed E-state index contributed by atoms with van der Waals surface area (Å²) in [7, 11) is 1.80. The third kappa shape index (κ3) is 3.93. The monoisotopic (exact) mass is 418 g/mol. The van der Waals surface area contributed by atoms with Crippen molar-refractivity contribution in [3.05, 3.63) is 0 Å². The van der Waals surface area contributed by atoms with Crippen LogP contribution in [0, 0.1) is 46.3 Å². The molecule has 0 aromatic heterocycles. The molecule has 4 aliphatic carbocycles. The summed E-state index contributed by atoms with van der Waals surface area (Å²) in [5.41, 5.74) is 0.485. The van der Waals surface area contributed by atoms with Crippen molar-refractivity contribution in [3.63, 3.8) is 0 Å². The standard InChI is InChI=1S/C25H40O3.C2H6/c1-16(6-5-13-28-4)19-7-8-20-18-15-23(27)22-14-17(26)9-11-25(22,3)21(18)10-12-24(19,20)2;1-2/h16,18-22H,5-15H2,1-4H3;1-2H3/t16?,18?,19?,20?,21?,22?,24-,25?;/m1./s1. The van der Waals surface area contributed by atoms with Crippen molar-refractivity contribution < 1.29 is 14.3 Å². The fourth-order valence-corrected chi connectivity index (χ4v) is 8.56. The Hall–Kier alpha value is -0.700. The third-order valence-corrected chi connectivity index (χ3v) is 10.0. The number of carbonyl (C=O) groups excluding carboxylic acids is 2. The van der Waals surface area contributed by atoms with Gasteiger partial charge in [0.05, 0.1) is 0 Å². The molecule has 0 N–H and O–H groups in total. The lowest BCUT2D eigenvalue weighted by molar-refractivity contribution is -0.159. The van der Waals surface area contributed by atoms with Gasteiger partial charge in [-0.25, -0.2) is 0 Å². The smallest absolute Gasteiger partial charge is 0.137 e. The Kier molecular flexibility index (Phi) is 7.53. The Bertz CT molecular complexity index is 628. The molecule has 30 heavy (non-hydrogen) atoms. The maximum Gasteiger partial charge on any atom is 0.137 e.